The standard InChI is InChI=1S/C7H14N2O4/c1-4-13-6(11)7(2,12)5(10)9(3)8/h12H,4,8H2,1-3H3. The first-order valence-electron chi connectivity index (χ1n) is 3.76. The molecule has 0 aromatic carbocycles. The quantitative estimate of drug-likeness (QED) is 0.188. The van der Waals surface area contributed by atoms with Crippen molar-refractivity contribution in [3.63, 3.8) is 0 Å². The number of esters is 1. The zero-order valence-electron chi connectivity index (χ0n) is 7.90. The fourth-order valence-corrected chi connectivity index (χ4v) is 0.702. The first-order chi connectivity index (χ1) is 5.84. The normalized spacial score (nSPS) is 14.5. The van der Waals surface area contributed by atoms with Crippen LogP contribution < -0.4 is 5.84 Å². The fourth-order valence-electron chi connectivity index (χ4n) is 0.702. The zero-order valence-corrected chi connectivity index (χ0v) is 7.90. The Labute approximate surface area is 76.2 Å². The van der Waals surface area contributed by atoms with E-state index >= 15 is 0 Å². The Hall–Kier alpha value is -1.14. The molecule has 0 aliphatic rings. The first kappa shape index (κ1) is 11.9. The van der Waals surface area contributed by atoms with Gasteiger partial charge >= 0.3 is 5.97 Å². The first-order valence-corrected chi connectivity index (χ1v) is 3.76. The lowest BCUT2D eigenvalue weighted by Gasteiger charge is -2.22. The molecule has 1 unspecified atom stereocenters. The van der Waals surface area contributed by atoms with E-state index in [9.17, 15) is 14.7 Å². The van der Waals surface area contributed by atoms with Gasteiger partial charge in [-0.2, -0.15) is 0 Å². The summed E-state index contributed by atoms with van der Waals surface area (Å²) >= 11 is 0. The van der Waals surface area contributed by atoms with E-state index in [0.29, 0.717) is 5.01 Å². The number of rotatable bonds is 3. The third-order valence-corrected chi connectivity index (χ3v) is 1.41. The summed E-state index contributed by atoms with van der Waals surface area (Å²) in [6.45, 7) is 2.71. The number of nitrogens with two attached hydrogens (primary N) is 1. The van der Waals surface area contributed by atoms with E-state index in [0.717, 1.165) is 6.92 Å². The second kappa shape index (κ2) is 4.20. The molecular weight excluding hydrogens is 176 g/mol. The molecule has 0 saturated heterocycles. The lowest BCUT2D eigenvalue weighted by atomic mass is 10.1. The average Bonchev–Trinajstić information content (AvgIpc) is 2.03. The molecule has 13 heavy (non-hydrogen) atoms. The van der Waals surface area contributed by atoms with E-state index in [-0.39, 0.29) is 6.61 Å². The molecule has 6 nitrogen and oxygen atoms in total. The van der Waals surface area contributed by atoms with Crippen molar-refractivity contribution in [3.8, 4) is 0 Å². The van der Waals surface area contributed by atoms with Crippen molar-refractivity contribution in [3.05, 3.63) is 0 Å². The van der Waals surface area contributed by atoms with Crippen molar-refractivity contribution in [1.82, 2.24) is 5.01 Å². The summed E-state index contributed by atoms with van der Waals surface area (Å²) in [5.74, 6) is 3.16. The molecule has 0 heterocycles. The van der Waals surface area contributed by atoms with E-state index in [2.05, 4.69) is 4.74 Å². The summed E-state index contributed by atoms with van der Waals surface area (Å²) in [6, 6.07) is 0. The van der Waals surface area contributed by atoms with E-state index in [4.69, 9.17) is 5.84 Å². The molecule has 0 rings (SSSR count). The van der Waals surface area contributed by atoms with Crippen LogP contribution in [-0.2, 0) is 14.3 Å². The largest absolute Gasteiger partial charge is 0.463 e. The summed E-state index contributed by atoms with van der Waals surface area (Å²) in [6.07, 6.45) is 0. The van der Waals surface area contributed by atoms with Crippen molar-refractivity contribution in [1.29, 1.82) is 0 Å². The number of amides is 1. The molecule has 0 aliphatic carbocycles. The smallest absolute Gasteiger partial charge is 0.347 e. The topological polar surface area (TPSA) is 92.9 Å². The van der Waals surface area contributed by atoms with Crippen LogP contribution in [0.4, 0.5) is 0 Å². The van der Waals surface area contributed by atoms with Gasteiger partial charge in [-0.25, -0.2) is 10.6 Å². The van der Waals surface area contributed by atoms with Crippen molar-refractivity contribution in [2.75, 3.05) is 13.7 Å². The molecule has 0 spiro atoms. The Morgan fingerprint density at radius 1 is 1.62 bits per heavy atom. The Morgan fingerprint density at radius 2 is 2.08 bits per heavy atom. The fraction of sp³-hybridized carbons (Fsp3) is 0.714. The molecule has 0 saturated carbocycles. The molecule has 0 radical (unpaired) electrons. The summed E-state index contributed by atoms with van der Waals surface area (Å²) in [5, 5.41) is 10.0. The molecule has 3 N–H and O–H groups in total. The zero-order chi connectivity index (χ0) is 10.6. The second-order valence-electron chi connectivity index (χ2n) is 2.71. The van der Waals surface area contributed by atoms with Gasteiger partial charge in [-0.3, -0.25) is 9.80 Å². The van der Waals surface area contributed by atoms with E-state index in [1.54, 1.807) is 6.92 Å². The predicted octanol–water partition coefficient (Wildman–Crippen LogP) is -1.37. The Balaban J connectivity index is 4.55. The highest BCUT2D eigenvalue weighted by molar-refractivity contribution is 6.04. The lowest BCUT2D eigenvalue weighted by Crippen LogP contribution is -2.53. The molecule has 6 heteroatoms. The van der Waals surface area contributed by atoms with Gasteiger partial charge in [-0.1, -0.05) is 0 Å². The minimum Gasteiger partial charge on any atom is -0.463 e. The number of likely N-dealkylation sites (N-methyl/N-ethyl adjacent to an activating group) is 1. The summed E-state index contributed by atoms with van der Waals surface area (Å²) in [7, 11) is 1.23. The van der Waals surface area contributed by atoms with E-state index in [1.165, 1.54) is 7.05 Å². The van der Waals surface area contributed by atoms with Gasteiger partial charge < -0.3 is 9.84 Å². The number of hydrogen-bond acceptors (Lipinski definition) is 5. The Kier molecular flexibility index (Phi) is 3.83. The maximum Gasteiger partial charge on any atom is 0.347 e. The van der Waals surface area contributed by atoms with Crippen molar-refractivity contribution in [2.24, 2.45) is 5.84 Å². The molecule has 0 fully saturated rings. The van der Waals surface area contributed by atoms with Gasteiger partial charge in [0.05, 0.1) is 6.61 Å². The SMILES string of the molecule is CCOC(=O)C(C)(O)C(=O)N(C)N. The molecule has 1 atom stereocenters. The maximum absolute atomic E-state index is 11.1. The van der Waals surface area contributed by atoms with Gasteiger partial charge in [-0.05, 0) is 13.8 Å². The van der Waals surface area contributed by atoms with Crippen LogP contribution in [-0.4, -0.2) is 41.2 Å². The van der Waals surface area contributed by atoms with E-state index < -0.39 is 17.5 Å². The van der Waals surface area contributed by atoms with Gasteiger partial charge in [0.25, 0.3) is 5.91 Å². The number of hydrogen-bond donors (Lipinski definition) is 2. The summed E-state index contributed by atoms with van der Waals surface area (Å²) in [5.41, 5.74) is -2.21. The predicted molar refractivity (Wildman–Crippen MR) is 44.2 cm³/mol. The number of aliphatic hydroxyl groups is 1. The van der Waals surface area contributed by atoms with Crippen LogP contribution in [0.3, 0.4) is 0 Å². The van der Waals surface area contributed by atoms with Gasteiger partial charge in [-0.15, -0.1) is 0 Å². The number of carbonyl (C=O) groups is 2. The second-order valence-corrected chi connectivity index (χ2v) is 2.71. The van der Waals surface area contributed by atoms with Crippen LogP contribution in [0.25, 0.3) is 0 Å². The molecule has 0 bridgehead atoms. The Bertz CT molecular complexity index is 213. The van der Waals surface area contributed by atoms with Crippen LogP contribution in [0.15, 0.2) is 0 Å². The average molecular weight is 190 g/mol. The van der Waals surface area contributed by atoms with Crippen LogP contribution >= 0.6 is 0 Å². The van der Waals surface area contributed by atoms with Crippen molar-refractivity contribution >= 4 is 11.9 Å². The summed E-state index contributed by atoms with van der Waals surface area (Å²) in [4.78, 5) is 22.2. The summed E-state index contributed by atoms with van der Waals surface area (Å²) < 4.78 is 4.49. The maximum atomic E-state index is 11.1. The minimum atomic E-state index is -2.21. The molecule has 0 aromatic heterocycles. The number of nitrogens with zero attached hydrogens (tertiary/aromatic N) is 1. The molecule has 0 aromatic rings. The highest BCUT2D eigenvalue weighted by atomic mass is 16.5. The highest BCUT2D eigenvalue weighted by Gasteiger charge is 2.41. The molecule has 76 valence electrons. The number of carbonyl (C=O) groups excluding carboxylic acids is 2. The monoisotopic (exact) mass is 190 g/mol. The van der Waals surface area contributed by atoms with Crippen LogP contribution in [0, 0.1) is 0 Å². The van der Waals surface area contributed by atoms with Crippen LogP contribution in [0.5, 0.6) is 0 Å². The lowest BCUT2D eigenvalue weighted by molar-refractivity contribution is -0.173. The van der Waals surface area contributed by atoms with Crippen molar-refractivity contribution in [2.45, 2.75) is 19.4 Å². The van der Waals surface area contributed by atoms with Crippen molar-refractivity contribution < 1.29 is 19.4 Å². The third-order valence-electron chi connectivity index (χ3n) is 1.41. The number of hydrazine groups is 1. The highest BCUT2D eigenvalue weighted by Crippen LogP contribution is 2.08. The van der Waals surface area contributed by atoms with E-state index in [1.807, 2.05) is 0 Å². The van der Waals surface area contributed by atoms with Crippen LogP contribution in [0.1, 0.15) is 13.8 Å². The van der Waals surface area contributed by atoms with Gasteiger partial charge in [0.15, 0.2) is 0 Å². The van der Waals surface area contributed by atoms with Gasteiger partial charge in [0, 0.05) is 7.05 Å². The van der Waals surface area contributed by atoms with Gasteiger partial charge in [0.2, 0.25) is 5.60 Å². The van der Waals surface area contributed by atoms with Crippen LogP contribution in [0.2, 0.25) is 0 Å². The van der Waals surface area contributed by atoms with Gasteiger partial charge in [0.1, 0.15) is 0 Å². The Morgan fingerprint density at radius 3 is 2.38 bits per heavy atom. The molecule has 1 amide bonds. The minimum absolute atomic E-state index is 0.0938. The number of ether oxygens (including phenoxy) is 1. The third kappa shape index (κ3) is 2.67. The molecule has 0 aliphatic heterocycles. The molecular formula is C7H14N2O4.